The van der Waals surface area contributed by atoms with Crippen LogP contribution < -0.4 is 0 Å². The Balaban J connectivity index is 2.01. The van der Waals surface area contributed by atoms with Gasteiger partial charge in [-0.15, -0.1) is 0 Å². The zero-order valence-electron chi connectivity index (χ0n) is 9.65. The first kappa shape index (κ1) is 12.9. The standard InChI is InChI=1S/C11H22O4/c1-3-5-13-6-7-15-10-8-9(12)11(10)14-4-2/h9-12H,3-8H2,1-2H3. The van der Waals surface area contributed by atoms with E-state index in [2.05, 4.69) is 6.92 Å². The molecule has 0 spiro atoms. The molecule has 0 radical (unpaired) electrons. The Kier molecular flexibility index (Phi) is 6.17. The molecule has 0 bridgehead atoms. The average Bonchev–Trinajstić information content (AvgIpc) is 2.24. The molecule has 0 saturated heterocycles. The minimum absolute atomic E-state index is 0.0465. The predicted octanol–water partition coefficient (Wildman–Crippen LogP) is 0.968. The van der Waals surface area contributed by atoms with Crippen molar-refractivity contribution >= 4 is 0 Å². The molecule has 0 aromatic carbocycles. The van der Waals surface area contributed by atoms with Crippen LogP contribution in [0.1, 0.15) is 26.7 Å². The largest absolute Gasteiger partial charge is 0.390 e. The summed E-state index contributed by atoms with van der Waals surface area (Å²) in [5.74, 6) is 0. The minimum atomic E-state index is -0.355. The second-order valence-electron chi connectivity index (χ2n) is 3.74. The summed E-state index contributed by atoms with van der Waals surface area (Å²) in [7, 11) is 0. The van der Waals surface area contributed by atoms with Crippen LogP contribution in [-0.2, 0) is 14.2 Å². The van der Waals surface area contributed by atoms with Crippen molar-refractivity contribution < 1.29 is 19.3 Å². The Morgan fingerprint density at radius 2 is 1.93 bits per heavy atom. The third-order valence-corrected chi connectivity index (χ3v) is 2.49. The molecule has 3 unspecified atom stereocenters. The molecule has 1 aliphatic rings. The smallest absolute Gasteiger partial charge is 0.110 e. The first-order valence-electron chi connectivity index (χ1n) is 5.78. The lowest BCUT2D eigenvalue weighted by atomic mass is 9.88. The number of aliphatic hydroxyl groups is 1. The molecule has 1 fully saturated rings. The molecule has 0 aromatic heterocycles. The summed E-state index contributed by atoms with van der Waals surface area (Å²) in [6.07, 6.45) is 1.26. The molecule has 1 N–H and O–H groups in total. The van der Waals surface area contributed by atoms with E-state index in [4.69, 9.17) is 14.2 Å². The van der Waals surface area contributed by atoms with Crippen molar-refractivity contribution in [1.29, 1.82) is 0 Å². The van der Waals surface area contributed by atoms with Crippen LogP contribution in [0.25, 0.3) is 0 Å². The first-order chi connectivity index (χ1) is 7.29. The predicted molar refractivity (Wildman–Crippen MR) is 56.9 cm³/mol. The van der Waals surface area contributed by atoms with Gasteiger partial charge in [0.05, 0.1) is 25.4 Å². The molecule has 15 heavy (non-hydrogen) atoms. The van der Waals surface area contributed by atoms with Crippen LogP contribution >= 0.6 is 0 Å². The van der Waals surface area contributed by atoms with E-state index in [1.54, 1.807) is 0 Å². The Hall–Kier alpha value is -0.160. The van der Waals surface area contributed by atoms with Gasteiger partial charge in [0.1, 0.15) is 6.10 Å². The van der Waals surface area contributed by atoms with E-state index in [0.717, 1.165) is 13.0 Å². The van der Waals surface area contributed by atoms with Crippen LogP contribution in [0.3, 0.4) is 0 Å². The number of rotatable bonds is 8. The van der Waals surface area contributed by atoms with Crippen molar-refractivity contribution in [2.45, 2.75) is 45.0 Å². The maximum atomic E-state index is 9.41. The Bertz CT molecular complexity index is 163. The van der Waals surface area contributed by atoms with Crippen molar-refractivity contribution in [3.8, 4) is 0 Å². The molecular formula is C11H22O4. The van der Waals surface area contributed by atoms with Crippen LogP contribution in [0.2, 0.25) is 0 Å². The van der Waals surface area contributed by atoms with Crippen molar-refractivity contribution in [1.82, 2.24) is 0 Å². The van der Waals surface area contributed by atoms with Gasteiger partial charge in [-0.25, -0.2) is 0 Å². The monoisotopic (exact) mass is 218 g/mol. The lowest BCUT2D eigenvalue weighted by Crippen LogP contribution is -2.53. The lowest BCUT2D eigenvalue weighted by Gasteiger charge is -2.40. The minimum Gasteiger partial charge on any atom is -0.390 e. The highest BCUT2D eigenvalue weighted by molar-refractivity contribution is 4.91. The Labute approximate surface area is 91.5 Å². The third kappa shape index (κ3) is 4.07. The summed E-state index contributed by atoms with van der Waals surface area (Å²) < 4.78 is 16.2. The molecule has 0 heterocycles. The van der Waals surface area contributed by atoms with Crippen molar-refractivity contribution in [2.75, 3.05) is 26.4 Å². The molecule has 1 saturated carbocycles. The second-order valence-corrected chi connectivity index (χ2v) is 3.74. The van der Waals surface area contributed by atoms with Crippen LogP contribution in [0.15, 0.2) is 0 Å². The van der Waals surface area contributed by atoms with Crippen molar-refractivity contribution in [2.24, 2.45) is 0 Å². The molecule has 4 nitrogen and oxygen atoms in total. The molecule has 90 valence electrons. The SMILES string of the molecule is CCCOCCOC1CC(O)C1OCC. The topological polar surface area (TPSA) is 47.9 Å². The van der Waals surface area contributed by atoms with Gasteiger partial charge in [-0.3, -0.25) is 0 Å². The van der Waals surface area contributed by atoms with E-state index in [-0.39, 0.29) is 18.3 Å². The van der Waals surface area contributed by atoms with Crippen LogP contribution in [0.4, 0.5) is 0 Å². The van der Waals surface area contributed by atoms with E-state index in [0.29, 0.717) is 26.2 Å². The van der Waals surface area contributed by atoms with Gasteiger partial charge in [-0.2, -0.15) is 0 Å². The fraction of sp³-hybridized carbons (Fsp3) is 1.00. The molecule has 1 aliphatic carbocycles. The van der Waals surface area contributed by atoms with Gasteiger partial charge in [-0.05, 0) is 13.3 Å². The maximum Gasteiger partial charge on any atom is 0.110 e. The van der Waals surface area contributed by atoms with Gasteiger partial charge in [-0.1, -0.05) is 6.92 Å². The van der Waals surface area contributed by atoms with Gasteiger partial charge >= 0.3 is 0 Å². The van der Waals surface area contributed by atoms with E-state index < -0.39 is 0 Å². The fourth-order valence-corrected chi connectivity index (χ4v) is 1.64. The number of hydrogen-bond acceptors (Lipinski definition) is 4. The molecule has 0 aromatic rings. The van der Waals surface area contributed by atoms with Crippen LogP contribution in [-0.4, -0.2) is 49.8 Å². The first-order valence-corrected chi connectivity index (χ1v) is 5.78. The number of aliphatic hydroxyl groups excluding tert-OH is 1. The summed E-state index contributed by atoms with van der Waals surface area (Å²) in [5.41, 5.74) is 0. The Morgan fingerprint density at radius 1 is 1.13 bits per heavy atom. The molecular weight excluding hydrogens is 196 g/mol. The summed E-state index contributed by atoms with van der Waals surface area (Å²) in [6.45, 7) is 6.61. The van der Waals surface area contributed by atoms with E-state index in [9.17, 15) is 5.11 Å². The lowest BCUT2D eigenvalue weighted by molar-refractivity contribution is -0.193. The summed E-state index contributed by atoms with van der Waals surface area (Å²) in [5, 5.41) is 9.41. The molecule has 0 aliphatic heterocycles. The average molecular weight is 218 g/mol. The zero-order valence-corrected chi connectivity index (χ0v) is 9.65. The van der Waals surface area contributed by atoms with Gasteiger partial charge in [0.15, 0.2) is 0 Å². The van der Waals surface area contributed by atoms with Gasteiger partial charge in [0.25, 0.3) is 0 Å². The molecule has 3 atom stereocenters. The van der Waals surface area contributed by atoms with Gasteiger partial charge < -0.3 is 19.3 Å². The number of hydrogen-bond donors (Lipinski definition) is 1. The van der Waals surface area contributed by atoms with E-state index in [1.807, 2.05) is 6.92 Å². The number of ether oxygens (including phenoxy) is 3. The highest BCUT2D eigenvalue weighted by Crippen LogP contribution is 2.26. The van der Waals surface area contributed by atoms with Gasteiger partial charge in [0, 0.05) is 19.6 Å². The molecule has 0 amide bonds. The summed E-state index contributed by atoms with van der Waals surface area (Å²) >= 11 is 0. The Morgan fingerprint density at radius 3 is 2.53 bits per heavy atom. The second kappa shape index (κ2) is 7.17. The van der Waals surface area contributed by atoms with Crippen molar-refractivity contribution in [3.05, 3.63) is 0 Å². The highest BCUT2D eigenvalue weighted by atomic mass is 16.6. The summed E-state index contributed by atoms with van der Waals surface area (Å²) in [6, 6.07) is 0. The van der Waals surface area contributed by atoms with Crippen molar-refractivity contribution in [3.63, 3.8) is 0 Å². The van der Waals surface area contributed by atoms with E-state index >= 15 is 0 Å². The van der Waals surface area contributed by atoms with Gasteiger partial charge in [0.2, 0.25) is 0 Å². The van der Waals surface area contributed by atoms with Crippen LogP contribution in [0, 0.1) is 0 Å². The zero-order chi connectivity index (χ0) is 11.1. The van der Waals surface area contributed by atoms with E-state index in [1.165, 1.54) is 0 Å². The quantitative estimate of drug-likeness (QED) is 0.617. The normalized spacial score (nSPS) is 30.2. The fourth-order valence-electron chi connectivity index (χ4n) is 1.64. The summed E-state index contributed by atoms with van der Waals surface area (Å²) in [4.78, 5) is 0. The third-order valence-electron chi connectivity index (χ3n) is 2.49. The highest BCUT2D eigenvalue weighted by Gasteiger charge is 2.41. The van der Waals surface area contributed by atoms with Crippen LogP contribution in [0.5, 0.6) is 0 Å². The molecule has 1 rings (SSSR count). The molecule has 4 heteroatoms. The maximum absolute atomic E-state index is 9.41.